The Labute approximate surface area is 171 Å². The quantitative estimate of drug-likeness (QED) is 0.518. The van der Waals surface area contributed by atoms with E-state index in [1.807, 2.05) is 30.3 Å². The number of fused-ring (bicyclic) bond motifs is 1. The maximum Gasteiger partial charge on any atom is 0.338 e. The van der Waals surface area contributed by atoms with Crippen LogP contribution in [0.25, 0.3) is 0 Å². The predicted molar refractivity (Wildman–Crippen MR) is 107 cm³/mol. The van der Waals surface area contributed by atoms with Crippen molar-refractivity contribution < 1.29 is 29.0 Å². The minimum atomic E-state index is -1.26. The summed E-state index contributed by atoms with van der Waals surface area (Å²) in [5.74, 6) is -3.23. The van der Waals surface area contributed by atoms with E-state index in [0.717, 1.165) is 10.5 Å². The lowest BCUT2D eigenvalue weighted by atomic mass is 10.1. The molecule has 0 saturated carbocycles. The second-order valence-corrected chi connectivity index (χ2v) is 6.59. The van der Waals surface area contributed by atoms with Crippen LogP contribution in [0.1, 0.15) is 47.0 Å². The van der Waals surface area contributed by atoms with Crippen molar-refractivity contribution in [2.45, 2.75) is 6.61 Å². The zero-order chi connectivity index (χ0) is 21.3. The van der Waals surface area contributed by atoms with Gasteiger partial charge in [0.2, 0.25) is 0 Å². The fraction of sp³-hybridized carbons (Fsp3) is 0.0435. The molecular formula is C23H15NO6. The third-order valence-corrected chi connectivity index (χ3v) is 4.71. The van der Waals surface area contributed by atoms with Crippen molar-refractivity contribution in [1.82, 2.24) is 0 Å². The lowest BCUT2D eigenvalue weighted by Gasteiger charge is -2.16. The summed E-state index contributed by atoms with van der Waals surface area (Å²) < 4.78 is 5.27. The van der Waals surface area contributed by atoms with E-state index in [-0.39, 0.29) is 34.5 Å². The van der Waals surface area contributed by atoms with Crippen molar-refractivity contribution in [1.29, 1.82) is 0 Å². The summed E-state index contributed by atoms with van der Waals surface area (Å²) in [5, 5.41) is 9.37. The van der Waals surface area contributed by atoms with Gasteiger partial charge in [-0.1, -0.05) is 42.5 Å². The van der Waals surface area contributed by atoms with E-state index in [2.05, 4.69) is 0 Å². The van der Waals surface area contributed by atoms with Crippen LogP contribution >= 0.6 is 0 Å². The number of rotatable bonds is 5. The van der Waals surface area contributed by atoms with Crippen LogP contribution in [0.5, 0.6) is 0 Å². The summed E-state index contributed by atoms with van der Waals surface area (Å²) >= 11 is 0. The molecule has 0 unspecified atom stereocenters. The van der Waals surface area contributed by atoms with E-state index in [0.29, 0.717) is 0 Å². The first kappa shape index (κ1) is 19.1. The van der Waals surface area contributed by atoms with Gasteiger partial charge in [0.05, 0.1) is 27.9 Å². The molecule has 2 amide bonds. The highest BCUT2D eigenvalue weighted by molar-refractivity contribution is 6.35. The number of imide groups is 1. The van der Waals surface area contributed by atoms with Gasteiger partial charge in [0.25, 0.3) is 11.8 Å². The highest BCUT2D eigenvalue weighted by Crippen LogP contribution is 2.31. The summed E-state index contributed by atoms with van der Waals surface area (Å²) in [4.78, 5) is 50.4. The van der Waals surface area contributed by atoms with E-state index >= 15 is 0 Å². The molecule has 0 radical (unpaired) electrons. The number of para-hydroxylation sites is 1. The zero-order valence-electron chi connectivity index (χ0n) is 15.6. The van der Waals surface area contributed by atoms with Crippen molar-refractivity contribution in [3.8, 4) is 0 Å². The molecule has 0 spiro atoms. The van der Waals surface area contributed by atoms with E-state index in [1.54, 1.807) is 0 Å². The average Bonchev–Trinajstić information content (AvgIpc) is 3.02. The number of carboxylic acids is 1. The Kier molecular flexibility index (Phi) is 4.85. The Hall–Kier alpha value is -4.26. The molecule has 0 bridgehead atoms. The van der Waals surface area contributed by atoms with Crippen molar-refractivity contribution in [2.75, 3.05) is 4.90 Å². The average molecular weight is 401 g/mol. The first-order chi connectivity index (χ1) is 14.5. The summed E-state index contributed by atoms with van der Waals surface area (Å²) in [5.41, 5.74) is 0.863. The second kappa shape index (κ2) is 7.63. The van der Waals surface area contributed by atoms with Crippen LogP contribution in [0.15, 0.2) is 72.8 Å². The van der Waals surface area contributed by atoms with Gasteiger partial charge in [-0.2, -0.15) is 0 Å². The fourth-order valence-corrected chi connectivity index (χ4v) is 3.24. The zero-order valence-corrected chi connectivity index (χ0v) is 15.6. The van der Waals surface area contributed by atoms with E-state index < -0.39 is 23.8 Å². The number of hydrogen-bond donors (Lipinski definition) is 1. The molecule has 4 rings (SSSR count). The van der Waals surface area contributed by atoms with Crippen LogP contribution in [-0.2, 0) is 11.3 Å². The van der Waals surface area contributed by atoms with Crippen LogP contribution in [0.2, 0.25) is 0 Å². The third-order valence-electron chi connectivity index (χ3n) is 4.71. The lowest BCUT2D eigenvalue weighted by Crippen LogP contribution is -2.30. The SMILES string of the molecule is O=C(OCc1ccccc1)c1ccc2c(c1)C(=O)N(c1ccccc1C(=O)O)C2=O. The molecule has 0 saturated heterocycles. The van der Waals surface area contributed by atoms with Crippen LogP contribution in [0, 0.1) is 0 Å². The van der Waals surface area contributed by atoms with Crippen LogP contribution in [0.4, 0.5) is 5.69 Å². The molecule has 0 fully saturated rings. The molecule has 1 heterocycles. The number of amides is 2. The monoisotopic (exact) mass is 401 g/mol. The molecule has 3 aromatic carbocycles. The minimum absolute atomic E-state index is 0.0225. The first-order valence-corrected chi connectivity index (χ1v) is 9.03. The van der Waals surface area contributed by atoms with Gasteiger partial charge in [-0.3, -0.25) is 9.59 Å². The van der Waals surface area contributed by atoms with Gasteiger partial charge in [0, 0.05) is 0 Å². The first-order valence-electron chi connectivity index (χ1n) is 9.03. The number of carboxylic acid groups (broad SMARTS) is 1. The van der Waals surface area contributed by atoms with Gasteiger partial charge in [-0.25, -0.2) is 14.5 Å². The molecule has 3 aromatic rings. The maximum atomic E-state index is 12.9. The molecule has 7 heteroatoms. The number of carbonyl (C=O) groups excluding carboxylic acids is 3. The lowest BCUT2D eigenvalue weighted by molar-refractivity contribution is 0.0472. The van der Waals surface area contributed by atoms with Crippen molar-refractivity contribution >= 4 is 29.4 Å². The maximum absolute atomic E-state index is 12.9. The van der Waals surface area contributed by atoms with Crippen LogP contribution in [0.3, 0.4) is 0 Å². The standard InChI is InChI=1S/C23H15NO6/c25-20-16-11-10-15(23(29)30-13-14-6-2-1-3-7-14)12-18(16)21(26)24(20)19-9-5-4-8-17(19)22(27)28/h1-12H,13H2,(H,27,28). The number of hydrogen-bond acceptors (Lipinski definition) is 5. The van der Waals surface area contributed by atoms with Crippen LogP contribution < -0.4 is 4.90 Å². The predicted octanol–water partition coefficient (Wildman–Crippen LogP) is 3.54. The second-order valence-electron chi connectivity index (χ2n) is 6.59. The number of carbonyl (C=O) groups is 4. The summed E-state index contributed by atoms with van der Waals surface area (Å²) in [7, 11) is 0. The van der Waals surface area contributed by atoms with Crippen molar-refractivity contribution in [3.63, 3.8) is 0 Å². The molecule has 148 valence electrons. The molecule has 1 aliphatic heterocycles. The number of ether oxygens (including phenoxy) is 1. The van der Waals surface area contributed by atoms with Gasteiger partial charge in [-0.05, 0) is 35.9 Å². The normalized spacial score (nSPS) is 12.6. The van der Waals surface area contributed by atoms with Crippen molar-refractivity contribution in [2.24, 2.45) is 0 Å². The summed E-state index contributed by atoms with van der Waals surface area (Å²) in [6.07, 6.45) is 0. The van der Waals surface area contributed by atoms with Crippen molar-refractivity contribution in [3.05, 3.63) is 101 Å². The highest BCUT2D eigenvalue weighted by Gasteiger charge is 2.38. The molecule has 0 aromatic heterocycles. The molecule has 0 aliphatic carbocycles. The number of anilines is 1. The fourth-order valence-electron chi connectivity index (χ4n) is 3.24. The Morgan fingerprint density at radius 2 is 1.50 bits per heavy atom. The van der Waals surface area contributed by atoms with Gasteiger partial charge in [0.1, 0.15) is 6.61 Å². The topological polar surface area (TPSA) is 101 Å². The minimum Gasteiger partial charge on any atom is -0.478 e. The Bertz CT molecular complexity index is 1190. The number of esters is 1. The molecular weight excluding hydrogens is 386 g/mol. The Balaban J connectivity index is 1.61. The van der Waals surface area contributed by atoms with Gasteiger partial charge < -0.3 is 9.84 Å². The summed E-state index contributed by atoms with van der Waals surface area (Å²) in [6.45, 7) is 0.0712. The number of benzene rings is 3. The number of aromatic carboxylic acids is 1. The number of nitrogens with zero attached hydrogens (tertiary/aromatic N) is 1. The highest BCUT2D eigenvalue weighted by atomic mass is 16.5. The van der Waals surface area contributed by atoms with E-state index in [1.165, 1.54) is 42.5 Å². The van der Waals surface area contributed by atoms with Crippen LogP contribution in [-0.4, -0.2) is 28.9 Å². The molecule has 1 aliphatic rings. The molecule has 1 N–H and O–H groups in total. The molecule has 0 atom stereocenters. The smallest absolute Gasteiger partial charge is 0.338 e. The molecule has 30 heavy (non-hydrogen) atoms. The Morgan fingerprint density at radius 1 is 0.833 bits per heavy atom. The Morgan fingerprint density at radius 3 is 2.23 bits per heavy atom. The third kappa shape index (κ3) is 3.33. The van der Waals surface area contributed by atoms with Gasteiger partial charge in [0.15, 0.2) is 0 Å². The van der Waals surface area contributed by atoms with Gasteiger partial charge in [-0.15, -0.1) is 0 Å². The van der Waals surface area contributed by atoms with E-state index in [9.17, 15) is 24.3 Å². The largest absolute Gasteiger partial charge is 0.478 e. The molecule has 7 nitrogen and oxygen atoms in total. The summed E-state index contributed by atoms with van der Waals surface area (Å²) in [6, 6.07) is 19.0. The van der Waals surface area contributed by atoms with Gasteiger partial charge >= 0.3 is 11.9 Å². The van der Waals surface area contributed by atoms with E-state index in [4.69, 9.17) is 4.74 Å².